The van der Waals surface area contributed by atoms with E-state index in [-0.39, 0.29) is 12.4 Å². The number of oxazole rings is 1. The van der Waals surface area contributed by atoms with Crippen molar-refractivity contribution in [3.63, 3.8) is 0 Å². The third-order valence-corrected chi connectivity index (χ3v) is 3.40. The Hall–Kier alpha value is -2.27. The molecule has 0 saturated heterocycles. The molecule has 5 nitrogen and oxygen atoms in total. The number of benzene rings is 1. The van der Waals surface area contributed by atoms with Crippen LogP contribution in [0.2, 0.25) is 0 Å². The van der Waals surface area contributed by atoms with E-state index in [1.165, 1.54) is 4.57 Å². The second kappa shape index (κ2) is 4.13. The van der Waals surface area contributed by atoms with Crippen LogP contribution in [0.4, 0.5) is 0 Å². The minimum atomic E-state index is -0.370. The summed E-state index contributed by atoms with van der Waals surface area (Å²) < 4.78 is 6.64. The van der Waals surface area contributed by atoms with Gasteiger partial charge in [0, 0.05) is 24.0 Å². The van der Waals surface area contributed by atoms with Gasteiger partial charge >= 0.3 is 5.76 Å². The predicted molar refractivity (Wildman–Crippen MR) is 71.9 cm³/mol. The number of aromatic nitrogens is 2. The van der Waals surface area contributed by atoms with Crippen molar-refractivity contribution >= 4 is 11.1 Å². The van der Waals surface area contributed by atoms with Crippen LogP contribution < -0.4 is 5.76 Å². The Morgan fingerprint density at radius 3 is 2.84 bits per heavy atom. The van der Waals surface area contributed by atoms with E-state index in [4.69, 9.17) is 4.42 Å². The number of nitrogens with one attached hydrogen (secondary N) is 1. The Bertz CT molecular complexity index is 808. The highest BCUT2D eigenvalue weighted by Crippen LogP contribution is 2.25. The predicted octanol–water partition coefficient (Wildman–Crippen LogP) is 1.93. The molecule has 19 heavy (non-hydrogen) atoms. The maximum absolute atomic E-state index is 11.4. The fourth-order valence-corrected chi connectivity index (χ4v) is 2.22. The van der Waals surface area contributed by atoms with Gasteiger partial charge in [0.15, 0.2) is 5.58 Å². The molecule has 0 aliphatic carbocycles. The molecule has 0 radical (unpaired) electrons. The number of H-pyrrole nitrogens is 1. The zero-order valence-corrected chi connectivity index (χ0v) is 10.7. The van der Waals surface area contributed by atoms with Crippen LogP contribution in [-0.4, -0.2) is 14.7 Å². The first-order chi connectivity index (χ1) is 9.10. The summed E-state index contributed by atoms with van der Waals surface area (Å²) in [5.74, 6) is -0.370. The number of hydrogen-bond donors (Lipinski definition) is 2. The highest BCUT2D eigenvalue weighted by molar-refractivity contribution is 5.79. The Balaban J connectivity index is 2.17. The molecule has 3 rings (SSSR count). The maximum Gasteiger partial charge on any atom is 0.419 e. The number of rotatable bonds is 2. The lowest BCUT2D eigenvalue weighted by atomic mass is 10.1. The summed E-state index contributed by atoms with van der Waals surface area (Å²) in [4.78, 5) is 14.7. The van der Waals surface area contributed by atoms with Crippen LogP contribution in [0.3, 0.4) is 0 Å². The summed E-state index contributed by atoms with van der Waals surface area (Å²) in [7, 11) is 1.68. The second-order valence-corrected chi connectivity index (χ2v) is 4.60. The number of aliphatic hydroxyl groups is 1. The number of fused-ring (bicyclic) bond motifs is 1. The standard InChI is InChI=1S/C14H14N2O3/c1-8-10(7-17)5-11(15-8)9-3-4-12-13(6-9)19-14(18)16(12)2/h3-6,15,17H,7H2,1-2H3. The molecule has 0 amide bonds. The van der Waals surface area contributed by atoms with Gasteiger partial charge in [-0.1, -0.05) is 6.07 Å². The lowest BCUT2D eigenvalue weighted by molar-refractivity contribution is 0.281. The van der Waals surface area contributed by atoms with Crippen molar-refractivity contribution in [1.82, 2.24) is 9.55 Å². The molecule has 0 aliphatic rings. The molecule has 98 valence electrons. The van der Waals surface area contributed by atoms with E-state index in [1.807, 2.05) is 31.2 Å². The van der Waals surface area contributed by atoms with E-state index < -0.39 is 0 Å². The van der Waals surface area contributed by atoms with Gasteiger partial charge in [0.2, 0.25) is 0 Å². The molecular weight excluding hydrogens is 244 g/mol. The molecule has 0 aliphatic heterocycles. The van der Waals surface area contributed by atoms with Gasteiger partial charge in [-0.25, -0.2) is 4.79 Å². The summed E-state index contributed by atoms with van der Waals surface area (Å²) >= 11 is 0. The first kappa shape index (κ1) is 11.8. The number of aryl methyl sites for hydroxylation is 2. The molecule has 3 aromatic rings. The van der Waals surface area contributed by atoms with Gasteiger partial charge in [-0.05, 0) is 30.7 Å². The van der Waals surface area contributed by atoms with Crippen LogP contribution in [0.25, 0.3) is 22.4 Å². The molecule has 1 aromatic carbocycles. The van der Waals surface area contributed by atoms with Gasteiger partial charge in [0.05, 0.1) is 12.1 Å². The Morgan fingerprint density at radius 2 is 2.16 bits per heavy atom. The zero-order chi connectivity index (χ0) is 13.6. The molecule has 0 unspecified atom stereocenters. The van der Waals surface area contributed by atoms with E-state index in [1.54, 1.807) is 7.05 Å². The molecule has 0 saturated carbocycles. The van der Waals surface area contributed by atoms with E-state index in [0.717, 1.165) is 28.0 Å². The lowest BCUT2D eigenvalue weighted by Gasteiger charge is -1.98. The van der Waals surface area contributed by atoms with Crippen LogP contribution in [-0.2, 0) is 13.7 Å². The van der Waals surface area contributed by atoms with Gasteiger partial charge in [0.25, 0.3) is 0 Å². The second-order valence-electron chi connectivity index (χ2n) is 4.60. The molecule has 5 heteroatoms. The Morgan fingerprint density at radius 1 is 1.37 bits per heavy atom. The number of aliphatic hydroxyl groups excluding tert-OH is 1. The summed E-state index contributed by atoms with van der Waals surface area (Å²) in [6, 6.07) is 7.49. The number of aromatic amines is 1. The molecule has 2 heterocycles. The number of hydrogen-bond acceptors (Lipinski definition) is 3. The fourth-order valence-electron chi connectivity index (χ4n) is 2.22. The van der Waals surface area contributed by atoms with Crippen molar-refractivity contribution in [2.75, 3.05) is 0 Å². The van der Waals surface area contributed by atoms with Crippen LogP contribution in [0, 0.1) is 6.92 Å². The molecule has 2 N–H and O–H groups in total. The van der Waals surface area contributed by atoms with E-state index in [2.05, 4.69) is 4.98 Å². The van der Waals surface area contributed by atoms with Gasteiger partial charge < -0.3 is 14.5 Å². The Labute approximate surface area is 109 Å². The van der Waals surface area contributed by atoms with Crippen molar-refractivity contribution in [3.8, 4) is 11.3 Å². The van der Waals surface area contributed by atoms with Crippen molar-refractivity contribution in [2.24, 2.45) is 7.05 Å². The topological polar surface area (TPSA) is 71.2 Å². The summed E-state index contributed by atoms with van der Waals surface area (Å²) in [5.41, 5.74) is 4.94. The third kappa shape index (κ3) is 1.79. The molecular formula is C14H14N2O3. The largest absolute Gasteiger partial charge is 0.419 e. The molecule has 0 atom stereocenters. The van der Waals surface area contributed by atoms with E-state index >= 15 is 0 Å². The summed E-state index contributed by atoms with van der Waals surface area (Å²) in [6.45, 7) is 1.92. The van der Waals surface area contributed by atoms with Gasteiger partial charge in [-0.2, -0.15) is 0 Å². The lowest BCUT2D eigenvalue weighted by Crippen LogP contribution is -2.08. The van der Waals surface area contributed by atoms with Crippen LogP contribution in [0.5, 0.6) is 0 Å². The van der Waals surface area contributed by atoms with Gasteiger partial charge in [-0.15, -0.1) is 0 Å². The molecule has 0 fully saturated rings. The minimum absolute atomic E-state index is 0.00496. The monoisotopic (exact) mass is 258 g/mol. The summed E-state index contributed by atoms with van der Waals surface area (Å²) in [6.07, 6.45) is 0. The summed E-state index contributed by atoms with van der Waals surface area (Å²) in [5, 5.41) is 9.21. The van der Waals surface area contributed by atoms with Crippen molar-refractivity contribution in [2.45, 2.75) is 13.5 Å². The van der Waals surface area contributed by atoms with E-state index in [9.17, 15) is 9.90 Å². The van der Waals surface area contributed by atoms with Crippen molar-refractivity contribution < 1.29 is 9.52 Å². The first-order valence-electron chi connectivity index (χ1n) is 5.99. The minimum Gasteiger partial charge on any atom is -0.408 e. The average molecular weight is 258 g/mol. The van der Waals surface area contributed by atoms with Gasteiger partial charge in [-0.3, -0.25) is 4.57 Å². The first-order valence-corrected chi connectivity index (χ1v) is 5.99. The highest BCUT2D eigenvalue weighted by Gasteiger charge is 2.10. The SMILES string of the molecule is Cc1[nH]c(-c2ccc3c(c2)oc(=O)n3C)cc1CO. The van der Waals surface area contributed by atoms with Crippen LogP contribution >= 0.6 is 0 Å². The maximum atomic E-state index is 11.4. The average Bonchev–Trinajstić information content (AvgIpc) is 2.91. The van der Waals surface area contributed by atoms with Crippen molar-refractivity contribution in [1.29, 1.82) is 0 Å². The quantitative estimate of drug-likeness (QED) is 0.737. The fraction of sp³-hybridized carbons (Fsp3) is 0.214. The number of nitrogens with zero attached hydrogens (tertiary/aromatic N) is 1. The molecule has 0 spiro atoms. The van der Waals surface area contributed by atoms with Crippen LogP contribution in [0.1, 0.15) is 11.3 Å². The highest BCUT2D eigenvalue weighted by atomic mass is 16.4. The van der Waals surface area contributed by atoms with E-state index in [0.29, 0.717) is 5.58 Å². The normalized spacial score (nSPS) is 11.3. The van der Waals surface area contributed by atoms with Crippen molar-refractivity contribution in [3.05, 3.63) is 46.1 Å². The van der Waals surface area contributed by atoms with Gasteiger partial charge in [0.1, 0.15) is 0 Å². The smallest absolute Gasteiger partial charge is 0.408 e. The Kier molecular flexibility index (Phi) is 2.57. The zero-order valence-electron chi connectivity index (χ0n) is 10.7. The molecule has 0 bridgehead atoms. The van der Waals surface area contributed by atoms with Crippen LogP contribution in [0.15, 0.2) is 33.5 Å². The third-order valence-electron chi connectivity index (χ3n) is 3.40. The molecule has 2 aromatic heterocycles.